The van der Waals surface area contributed by atoms with E-state index in [0.29, 0.717) is 41.0 Å². The maximum atomic E-state index is 13.3. The van der Waals surface area contributed by atoms with Gasteiger partial charge in [0.05, 0.1) is 11.6 Å². The summed E-state index contributed by atoms with van der Waals surface area (Å²) >= 11 is 1.24. The fourth-order valence-electron chi connectivity index (χ4n) is 4.41. The maximum absolute atomic E-state index is 13.3. The normalized spacial score (nSPS) is 16.3. The first-order valence-corrected chi connectivity index (χ1v) is 13.2. The van der Waals surface area contributed by atoms with Gasteiger partial charge < -0.3 is 14.6 Å². The van der Waals surface area contributed by atoms with Crippen LogP contribution in [0.1, 0.15) is 28.3 Å². The number of benzene rings is 3. The van der Waals surface area contributed by atoms with Crippen molar-refractivity contribution in [2.24, 2.45) is 0 Å². The predicted molar refractivity (Wildman–Crippen MR) is 151 cm³/mol. The lowest BCUT2D eigenvalue weighted by Crippen LogP contribution is -2.29. The monoisotopic (exact) mass is 538 g/mol. The van der Waals surface area contributed by atoms with Gasteiger partial charge in [0.15, 0.2) is 5.13 Å². The topological polar surface area (TPSA) is 89.0 Å². The number of thiazole rings is 1. The summed E-state index contributed by atoms with van der Waals surface area (Å²) in [6.45, 7) is 6.42. The number of Topliss-reactive ketones (excluding diaryl/α,β-unsaturated/α-hetero) is 1. The van der Waals surface area contributed by atoms with Crippen molar-refractivity contribution in [3.8, 4) is 11.5 Å². The molecule has 4 aromatic rings. The number of ether oxygens (including phenoxy) is 2. The minimum Gasteiger partial charge on any atom is -0.507 e. The minimum absolute atomic E-state index is 0.0108. The van der Waals surface area contributed by atoms with Crippen LogP contribution in [0.15, 0.2) is 103 Å². The second-order valence-electron chi connectivity index (χ2n) is 8.95. The van der Waals surface area contributed by atoms with Gasteiger partial charge in [0.2, 0.25) is 0 Å². The fourth-order valence-corrected chi connectivity index (χ4v) is 5.08. The highest BCUT2D eigenvalue weighted by Gasteiger charge is 2.48. The van der Waals surface area contributed by atoms with Gasteiger partial charge in [-0.1, -0.05) is 54.6 Å². The Balaban J connectivity index is 1.47. The van der Waals surface area contributed by atoms with Crippen LogP contribution in [-0.2, 0) is 16.2 Å². The van der Waals surface area contributed by atoms with E-state index in [1.807, 2.05) is 25.1 Å². The van der Waals surface area contributed by atoms with Gasteiger partial charge >= 0.3 is 5.91 Å². The number of rotatable bonds is 9. The zero-order valence-electron chi connectivity index (χ0n) is 21.2. The molecule has 8 heteroatoms. The number of aliphatic hydroxyl groups is 1. The molecule has 1 aromatic heterocycles. The molecule has 1 atom stereocenters. The van der Waals surface area contributed by atoms with Crippen LogP contribution in [0, 0.1) is 6.92 Å². The van der Waals surface area contributed by atoms with Gasteiger partial charge in [-0.15, -0.1) is 11.3 Å². The van der Waals surface area contributed by atoms with Crippen molar-refractivity contribution >= 4 is 33.9 Å². The fraction of sp³-hybridized carbons (Fsp3) is 0.129. The average molecular weight is 539 g/mol. The van der Waals surface area contributed by atoms with Crippen LogP contribution in [0.3, 0.4) is 0 Å². The maximum Gasteiger partial charge on any atom is 0.301 e. The molecule has 196 valence electrons. The molecule has 0 spiro atoms. The van der Waals surface area contributed by atoms with Crippen LogP contribution < -0.4 is 14.4 Å². The molecular weight excluding hydrogens is 512 g/mol. The quantitative estimate of drug-likeness (QED) is 0.118. The summed E-state index contributed by atoms with van der Waals surface area (Å²) in [4.78, 5) is 32.1. The Morgan fingerprint density at radius 2 is 1.77 bits per heavy atom. The van der Waals surface area contributed by atoms with E-state index in [9.17, 15) is 14.7 Å². The van der Waals surface area contributed by atoms with E-state index in [1.54, 1.807) is 66.2 Å². The zero-order valence-corrected chi connectivity index (χ0v) is 22.1. The second-order valence-corrected chi connectivity index (χ2v) is 9.83. The highest BCUT2D eigenvalue weighted by molar-refractivity contribution is 7.14. The molecule has 1 amide bonds. The SMILES string of the molecule is C=CCOc1ccc([C@H]2C(=C(O)c3ccc(OCc4cccc(C)c4)cc3)C(=O)C(=O)N2c2nccs2)cc1. The molecular formula is C31H26N2O5S. The average Bonchev–Trinajstić information content (AvgIpc) is 3.57. The summed E-state index contributed by atoms with van der Waals surface area (Å²) in [6.07, 6.45) is 3.21. The van der Waals surface area contributed by atoms with Gasteiger partial charge in [0.25, 0.3) is 5.78 Å². The van der Waals surface area contributed by atoms with E-state index in [4.69, 9.17) is 9.47 Å². The predicted octanol–water partition coefficient (Wildman–Crippen LogP) is 6.22. The molecule has 39 heavy (non-hydrogen) atoms. The molecule has 0 unspecified atom stereocenters. The molecule has 0 aliphatic carbocycles. The largest absolute Gasteiger partial charge is 0.507 e. The van der Waals surface area contributed by atoms with Crippen molar-refractivity contribution in [2.45, 2.75) is 19.6 Å². The van der Waals surface area contributed by atoms with Crippen LogP contribution in [-0.4, -0.2) is 28.4 Å². The number of hydrogen-bond acceptors (Lipinski definition) is 7. The number of nitrogens with zero attached hydrogens (tertiary/aromatic N) is 2. The number of carbonyl (C=O) groups excluding carboxylic acids is 2. The Kier molecular flexibility index (Phi) is 7.56. The summed E-state index contributed by atoms with van der Waals surface area (Å²) < 4.78 is 11.5. The lowest BCUT2D eigenvalue weighted by molar-refractivity contribution is -0.132. The van der Waals surface area contributed by atoms with Gasteiger partial charge in [-0.2, -0.15) is 0 Å². The van der Waals surface area contributed by atoms with E-state index in [-0.39, 0.29) is 11.3 Å². The number of anilines is 1. The molecule has 0 bridgehead atoms. The van der Waals surface area contributed by atoms with Gasteiger partial charge in [0, 0.05) is 17.1 Å². The summed E-state index contributed by atoms with van der Waals surface area (Å²) in [7, 11) is 0. The van der Waals surface area contributed by atoms with Gasteiger partial charge in [-0.25, -0.2) is 4.98 Å². The van der Waals surface area contributed by atoms with Crippen molar-refractivity contribution < 1.29 is 24.2 Å². The number of carbonyl (C=O) groups is 2. The standard InChI is InChI=1S/C31H26N2O5S/c1-3-16-37-24-11-7-22(8-12-24)27-26(29(35)30(36)33(27)31-32-15-17-39-31)28(34)23-9-13-25(14-10-23)38-19-21-6-4-5-20(2)18-21/h3-15,17-18,27,34H,1,16,19H2,2H3/t27-/m0/s1. The number of aryl methyl sites for hydroxylation is 1. The van der Waals surface area contributed by atoms with E-state index in [2.05, 4.69) is 17.6 Å². The smallest absolute Gasteiger partial charge is 0.301 e. The molecule has 1 N–H and O–H groups in total. The third-order valence-corrected chi connectivity index (χ3v) is 7.02. The highest BCUT2D eigenvalue weighted by Crippen LogP contribution is 2.43. The van der Waals surface area contributed by atoms with E-state index >= 15 is 0 Å². The molecule has 0 radical (unpaired) electrons. The second kappa shape index (κ2) is 11.4. The van der Waals surface area contributed by atoms with Crippen LogP contribution in [0.25, 0.3) is 5.76 Å². The van der Waals surface area contributed by atoms with Crippen molar-refractivity contribution in [1.29, 1.82) is 0 Å². The molecule has 5 rings (SSSR count). The Bertz CT molecular complexity index is 1530. The number of hydrogen-bond donors (Lipinski definition) is 1. The van der Waals surface area contributed by atoms with Crippen LogP contribution in [0.2, 0.25) is 0 Å². The van der Waals surface area contributed by atoms with Crippen molar-refractivity contribution in [2.75, 3.05) is 11.5 Å². The molecule has 1 aliphatic heterocycles. The first kappa shape index (κ1) is 25.9. The van der Waals surface area contributed by atoms with Crippen LogP contribution >= 0.6 is 11.3 Å². The van der Waals surface area contributed by atoms with Crippen molar-refractivity contribution in [3.05, 3.63) is 125 Å². The van der Waals surface area contributed by atoms with Crippen molar-refractivity contribution in [3.63, 3.8) is 0 Å². The lowest BCUT2D eigenvalue weighted by atomic mass is 9.95. The summed E-state index contributed by atoms with van der Waals surface area (Å²) in [5, 5.41) is 13.4. The number of ketones is 1. The molecule has 1 aliphatic rings. The molecule has 1 fully saturated rings. The Labute approximate surface area is 230 Å². The zero-order chi connectivity index (χ0) is 27.4. The summed E-state index contributed by atoms with van der Waals surface area (Å²) in [6, 6.07) is 21.0. The summed E-state index contributed by atoms with van der Waals surface area (Å²) in [5.41, 5.74) is 3.22. The minimum atomic E-state index is -0.859. The van der Waals surface area contributed by atoms with E-state index in [0.717, 1.165) is 11.1 Å². The van der Waals surface area contributed by atoms with Crippen molar-refractivity contribution in [1.82, 2.24) is 4.98 Å². The number of amides is 1. The van der Waals surface area contributed by atoms with Gasteiger partial charge in [-0.3, -0.25) is 14.5 Å². The molecule has 3 aromatic carbocycles. The Hall–Kier alpha value is -4.69. The van der Waals surface area contributed by atoms with Crippen LogP contribution in [0.5, 0.6) is 11.5 Å². The van der Waals surface area contributed by atoms with Gasteiger partial charge in [0.1, 0.15) is 30.5 Å². The lowest BCUT2D eigenvalue weighted by Gasteiger charge is -2.23. The summed E-state index contributed by atoms with van der Waals surface area (Å²) in [5.74, 6) is -0.565. The Morgan fingerprint density at radius 1 is 1.05 bits per heavy atom. The molecule has 2 heterocycles. The molecule has 0 saturated carbocycles. The third kappa shape index (κ3) is 5.46. The molecule has 7 nitrogen and oxygen atoms in total. The highest BCUT2D eigenvalue weighted by atomic mass is 32.1. The number of aliphatic hydroxyl groups excluding tert-OH is 1. The van der Waals surface area contributed by atoms with Crippen LogP contribution in [0.4, 0.5) is 5.13 Å². The molecule has 1 saturated heterocycles. The van der Waals surface area contributed by atoms with Gasteiger partial charge in [-0.05, 0) is 54.4 Å². The Morgan fingerprint density at radius 3 is 2.44 bits per heavy atom. The van der Waals surface area contributed by atoms with E-state index in [1.165, 1.54) is 16.2 Å². The van der Waals surface area contributed by atoms with E-state index < -0.39 is 17.7 Å². The first-order valence-electron chi connectivity index (χ1n) is 12.3. The first-order chi connectivity index (χ1) is 19.0. The third-order valence-electron chi connectivity index (χ3n) is 6.25. The number of aromatic nitrogens is 1.